The van der Waals surface area contributed by atoms with E-state index in [1.807, 2.05) is 42.5 Å². The number of anilines is 2. The second-order valence-corrected chi connectivity index (χ2v) is 8.19. The van der Waals surface area contributed by atoms with E-state index in [0.29, 0.717) is 18.3 Å². The Morgan fingerprint density at radius 1 is 1.06 bits per heavy atom. The van der Waals surface area contributed by atoms with Crippen molar-refractivity contribution in [3.63, 3.8) is 0 Å². The van der Waals surface area contributed by atoms with Crippen molar-refractivity contribution < 1.29 is 9.53 Å². The Labute approximate surface area is 180 Å². The average molecular weight is 416 g/mol. The first-order valence-corrected chi connectivity index (χ1v) is 10.6. The third-order valence-electron chi connectivity index (χ3n) is 6.11. The van der Waals surface area contributed by atoms with Crippen molar-refractivity contribution in [3.8, 4) is 11.3 Å². The first-order valence-electron chi connectivity index (χ1n) is 10.6. The molecule has 3 aromatic rings. The molecular formula is C23H24N6O2. The molecule has 3 aromatic heterocycles. The fraction of sp³-hybridized carbons (Fsp3) is 0.348. The molecule has 5 rings (SSSR count). The second kappa shape index (κ2) is 8.29. The molecule has 0 radical (unpaired) electrons. The van der Waals surface area contributed by atoms with Gasteiger partial charge in [-0.25, -0.2) is 9.78 Å². The molecule has 158 valence electrons. The van der Waals surface area contributed by atoms with E-state index in [1.165, 1.54) is 0 Å². The second-order valence-electron chi connectivity index (χ2n) is 8.19. The minimum atomic E-state index is -0.393. The van der Waals surface area contributed by atoms with Crippen LogP contribution in [0.1, 0.15) is 25.7 Å². The molecule has 0 unspecified atom stereocenters. The number of aromatic nitrogens is 4. The number of hydrogen-bond donors (Lipinski definition) is 1. The number of carbonyl (C=O) groups is 1. The van der Waals surface area contributed by atoms with Gasteiger partial charge in [-0.2, -0.15) is 0 Å². The lowest BCUT2D eigenvalue weighted by Gasteiger charge is -2.35. The van der Waals surface area contributed by atoms with Crippen molar-refractivity contribution in [3.05, 3.63) is 61.1 Å². The van der Waals surface area contributed by atoms with Gasteiger partial charge in [-0.1, -0.05) is 6.07 Å². The molecule has 1 saturated heterocycles. The van der Waals surface area contributed by atoms with Crippen LogP contribution in [0.3, 0.4) is 0 Å². The predicted octanol–water partition coefficient (Wildman–Crippen LogP) is 3.93. The molecular weight excluding hydrogens is 392 g/mol. The Morgan fingerprint density at radius 3 is 2.68 bits per heavy atom. The summed E-state index contributed by atoms with van der Waals surface area (Å²) in [4.78, 5) is 22.5. The Kier molecular flexibility index (Phi) is 5.19. The summed E-state index contributed by atoms with van der Waals surface area (Å²) in [5.74, 6) is 1.93. The molecule has 2 fully saturated rings. The van der Waals surface area contributed by atoms with Gasteiger partial charge in [-0.05, 0) is 68.0 Å². The maximum atomic E-state index is 12.4. The topological polar surface area (TPSA) is 93.1 Å². The minimum Gasteiger partial charge on any atom is -0.441 e. The molecule has 1 aliphatic heterocycles. The molecule has 1 N–H and O–H groups in total. The van der Waals surface area contributed by atoms with Crippen molar-refractivity contribution in [1.29, 1.82) is 0 Å². The van der Waals surface area contributed by atoms with Crippen LogP contribution in [0, 0.1) is 5.92 Å². The molecule has 0 atom stereocenters. The fourth-order valence-corrected chi connectivity index (χ4v) is 4.32. The summed E-state index contributed by atoms with van der Waals surface area (Å²) in [5.41, 5.74) is 1.36. The van der Waals surface area contributed by atoms with Crippen LogP contribution in [0.2, 0.25) is 0 Å². The first-order chi connectivity index (χ1) is 15.2. The van der Waals surface area contributed by atoms with Crippen LogP contribution < -0.4 is 10.2 Å². The smallest absolute Gasteiger partial charge is 0.416 e. The zero-order chi connectivity index (χ0) is 21.1. The van der Waals surface area contributed by atoms with Crippen LogP contribution in [0.25, 0.3) is 11.3 Å². The van der Waals surface area contributed by atoms with Gasteiger partial charge >= 0.3 is 6.09 Å². The van der Waals surface area contributed by atoms with Gasteiger partial charge in [-0.15, -0.1) is 10.2 Å². The number of hydrogen-bond acceptors (Lipinski definition) is 7. The Balaban J connectivity index is 1.14. The van der Waals surface area contributed by atoms with Crippen LogP contribution in [-0.2, 0) is 4.74 Å². The highest BCUT2D eigenvalue weighted by atomic mass is 16.6. The van der Waals surface area contributed by atoms with E-state index in [4.69, 9.17) is 4.74 Å². The van der Waals surface area contributed by atoms with Gasteiger partial charge in [0.15, 0.2) is 0 Å². The Morgan fingerprint density at radius 2 is 1.97 bits per heavy atom. The molecule has 1 amide bonds. The third kappa shape index (κ3) is 4.19. The molecule has 4 heterocycles. The maximum Gasteiger partial charge on any atom is 0.416 e. The van der Waals surface area contributed by atoms with Gasteiger partial charge in [0, 0.05) is 30.7 Å². The standard InChI is InChI=1S/C23H24N6O2/c30-22-29(21-5-1-2-13-25-21)16-23(31-22)10-8-17(9-11-23)14-26-20-7-6-19(27-28-20)18-4-3-12-24-15-18/h1-7,12-13,15,17H,8-11,14,16H2,(H,26,28). The summed E-state index contributed by atoms with van der Waals surface area (Å²) in [7, 11) is 0. The number of pyridine rings is 2. The van der Waals surface area contributed by atoms with E-state index in [0.717, 1.165) is 49.3 Å². The zero-order valence-corrected chi connectivity index (χ0v) is 17.1. The highest BCUT2D eigenvalue weighted by Crippen LogP contribution is 2.40. The quantitative estimate of drug-likeness (QED) is 0.673. The highest BCUT2D eigenvalue weighted by Gasteiger charge is 2.47. The lowest BCUT2D eigenvalue weighted by molar-refractivity contribution is 0.0148. The summed E-state index contributed by atoms with van der Waals surface area (Å²) in [5, 5.41) is 12.0. The first kappa shape index (κ1) is 19.4. The third-order valence-corrected chi connectivity index (χ3v) is 6.11. The molecule has 1 aliphatic carbocycles. The summed E-state index contributed by atoms with van der Waals surface area (Å²) >= 11 is 0. The molecule has 1 spiro atoms. The fourth-order valence-electron chi connectivity index (χ4n) is 4.32. The molecule has 1 saturated carbocycles. The van der Waals surface area contributed by atoms with Crippen LogP contribution in [0.15, 0.2) is 61.1 Å². The van der Waals surface area contributed by atoms with Gasteiger partial charge in [-0.3, -0.25) is 9.88 Å². The SMILES string of the molecule is O=C1OC2(CCC(CNc3ccc(-c4cccnc4)nn3)CC2)CN1c1ccccn1. The summed E-state index contributed by atoms with van der Waals surface area (Å²) in [6.07, 6.45) is 8.64. The molecule has 31 heavy (non-hydrogen) atoms. The lowest BCUT2D eigenvalue weighted by atomic mass is 9.78. The maximum absolute atomic E-state index is 12.4. The van der Waals surface area contributed by atoms with Crippen molar-refractivity contribution >= 4 is 17.7 Å². The molecule has 2 aliphatic rings. The van der Waals surface area contributed by atoms with E-state index in [2.05, 4.69) is 25.5 Å². The number of amides is 1. The number of nitrogens with zero attached hydrogens (tertiary/aromatic N) is 5. The average Bonchev–Trinajstić information content (AvgIpc) is 3.16. The number of ether oxygens (including phenoxy) is 1. The van der Waals surface area contributed by atoms with Gasteiger partial charge in [0.1, 0.15) is 17.2 Å². The zero-order valence-electron chi connectivity index (χ0n) is 17.1. The number of rotatable bonds is 5. The summed E-state index contributed by atoms with van der Waals surface area (Å²) in [6.45, 7) is 1.40. The Bertz CT molecular complexity index is 1020. The molecule has 0 bridgehead atoms. The summed E-state index contributed by atoms with van der Waals surface area (Å²) in [6, 6.07) is 13.3. The predicted molar refractivity (Wildman–Crippen MR) is 117 cm³/mol. The minimum absolute atomic E-state index is 0.292. The normalized spacial score (nSPS) is 23.0. The van der Waals surface area contributed by atoms with Crippen molar-refractivity contribution in [2.75, 3.05) is 23.3 Å². The molecule has 0 aromatic carbocycles. The van der Waals surface area contributed by atoms with Gasteiger partial charge < -0.3 is 10.1 Å². The van der Waals surface area contributed by atoms with Crippen LogP contribution in [-0.4, -0.2) is 44.9 Å². The monoisotopic (exact) mass is 416 g/mol. The number of nitrogens with one attached hydrogen (secondary N) is 1. The van der Waals surface area contributed by atoms with Gasteiger partial charge in [0.05, 0.1) is 12.2 Å². The lowest BCUT2D eigenvalue weighted by Crippen LogP contribution is -2.39. The van der Waals surface area contributed by atoms with Crippen LogP contribution in [0.4, 0.5) is 16.4 Å². The van der Waals surface area contributed by atoms with Crippen molar-refractivity contribution in [2.24, 2.45) is 5.92 Å². The highest BCUT2D eigenvalue weighted by molar-refractivity contribution is 5.89. The Hall–Kier alpha value is -3.55. The van der Waals surface area contributed by atoms with Crippen LogP contribution >= 0.6 is 0 Å². The van der Waals surface area contributed by atoms with E-state index in [-0.39, 0.29) is 6.09 Å². The van der Waals surface area contributed by atoms with Crippen molar-refractivity contribution in [2.45, 2.75) is 31.3 Å². The van der Waals surface area contributed by atoms with Gasteiger partial charge in [0.2, 0.25) is 0 Å². The molecule has 8 nitrogen and oxygen atoms in total. The van der Waals surface area contributed by atoms with E-state index < -0.39 is 5.60 Å². The molecule has 8 heteroatoms. The summed E-state index contributed by atoms with van der Waals surface area (Å²) < 4.78 is 5.82. The van der Waals surface area contributed by atoms with Crippen LogP contribution in [0.5, 0.6) is 0 Å². The van der Waals surface area contributed by atoms with Gasteiger partial charge in [0.25, 0.3) is 0 Å². The largest absolute Gasteiger partial charge is 0.441 e. The van der Waals surface area contributed by atoms with E-state index in [9.17, 15) is 4.79 Å². The van der Waals surface area contributed by atoms with E-state index in [1.54, 1.807) is 23.5 Å². The number of carbonyl (C=O) groups excluding carboxylic acids is 1. The van der Waals surface area contributed by atoms with E-state index >= 15 is 0 Å². The van der Waals surface area contributed by atoms with Crippen molar-refractivity contribution in [1.82, 2.24) is 20.2 Å².